The predicted molar refractivity (Wildman–Crippen MR) is 106 cm³/mol. The van der Waals surface area contributed by atoms with Gasteiger partial charge in [0.15, 0.2) is 9.84 Å². The Hall–Kier alpha value is -2.74. The SMILES string of the molecule is CCc1ccc(CN(C(=O)c2cccc([N+](=O)[O-])c2)C2CCS(=O)(=O)C2)cc1. The third kappa shape index (κ3) is 4.56. The highest BCUT2D eigenvalue weighted by molar-refractivity contribution is 7.91. The molecule has 0 saturated carbocycles. The molecule has 0 radical (unpaired) electrons. The van der Waals surface area contributed by atoms with Gasteiger partial charge in [0.1, 0.15) is 0 Å². The molecule has 1 fully saturated rings. The number of nitro benzene ring substituents is 1. The van der Waals surface area contributed by atoms with Gasteiger partial charge in [-0.2, -0.15) is 0 Å². The summed E-state index contributed by atoms with van der Waals surface area (Å²) in [4.78, 5) is 25.2. The summed E-state index contributed by atoms with van der Waals surface area (Å²) in [6.45, 7) is 2.31. The van der Waals surface area contributed by atoms with Crippen molar-refractivity contribution in [3.05, 3.63) is 75.3 Å². The average Bonchev–Trinajstić information content (AvgIpc) is 3.05. The molecule has 1 amide bonds. The first-order valence-corrected chi connectivity index (χ1v) is 10.9. The summed E-state index contributed by atoms with van der Waals surface area (Å²) in [6.07, 6.45) is 1.27. The maximum absolute atomic E-state index is 13.2. The Labute approximate surface area is 164 Å². The van der Waals surface area contributed by atoms with Crippen LogP contribution in [0.4, 0.5) is 5.69 Å². The largest absolute Gasteiger partial charge is 0.330 e. The fraction of sp³-hybridized carbons (Fsp3) is 0.350. The number of carbonyl (C=O) groups excluding carboxylic acids is 1. The van der Waals surface area contributed by atoms with Crippen LogP contribution in [0, 0.1) is 10.1 Å². The third-order valence-corrected chi connectivity index (χ3v) is 6.75. The molecule has 1 atom stereocenters. The van der Waals surface area contributed by atoms with Crippen LogP contribution in [-0.2, 0) is 22.8 Å². The number of hydrogen-bond donors (Lipinski definition) is 0. The van der Waals surface area contributed by atoms with Crippen molar-refractivity contribution in [2.45, 2.75) is 32.4 Å². The zero-order valence-electron chi connectivity index (χ0n) is 15.6. The number of non-ortho nitro benzene ring substituents is 1. The highest BCUT2D eigenvalue weighted by Gasteiger charge is 2.35. The summed E-state index contributed by atoms with van der Waals surface area (Å²) < 4.78 is 23.9. The first-order chi connectivity index (χ1) is 13.3. The van der Waals surface area contributed by atoms with Crippen LogP contribution in [0.25, 0.3) is 0 Å². The molecule has 0 bridgehead atoms. The molecule has 1 saturated heterocycles. The lowest BCUT2D eigenvalue weighted by molar-refractivity contribution is -0.384. The Balaban J connectivity index is 1.92. The lowest BCUT2D eigenvalue weighted by atomic mass is 10.1. The molecule has 0 aromatic heterocycles. The van der Waals surface area contributed by atoms with Crippen molar-refractivity contribution in [3.8, 4) is 0 Å². The second-order valence-corrected chi connectivity index (χ2v) is 9.20. The van der Waals surface area contributed by atoms with Gasteiger partial charge in [-0.25, -0.2) is 8.42 Å². The summed E-state index contributed by atoms with van der Waals surface area (Å²) in [5.41, 5.74) is 2.07. The van der Waals surface area contributed by atoms with E-state index in [2.05, 4.69) is 6.92 Å². The normalized spacial score (nSPS) is 18.0. The van der Waals surface area contributed by atoms with Crippen molar-refractivity contribution in [1.29, 1.82) is 0 Å². The van der Waals surface area contributed by atoms with Crippen LogP contribution >= 0.6 is 0 Å². The molecule has 148 valence electrons. The van der Waals surface area contributed by atoms with E-state index in [4.69, 9.17) is 0 Å². The molecule has 28 heavy (non-hydrogen) atoms. The number of aryl methyl sites for hydroxylation is 1. The molecule has 0 N–H and O–H groups in total. The van der Waals surface area contributed by atoms with E-state index >= 15 is 0 Å². The van der Waals surface area contributed by atoms with E-state index in [0.717, 1.165) is 12.0 Å². The molecule has 0 aliphatic carbocycles. The summed E-state index contributed by atoms with van der Waals surface area (Å²) in [7, 11) is -3.18. The number of carbonyl (C=O) groups is 1. The molecule has 2 aromatic carbocycles. The summed E-state index contributed by atoms with van der Waals surface area (Å²) in [5.74, 6) is -0.434. The van der Waals surface area contributed by atoms with Gasteiger partial charge in [-0.05, 0) is 30.0 Å². The lowest BCUT2D eigenvalue weighted by Crippen LogP contribution is -2.40. The molecule has 1 unspecified atom stereocenters. The van der Waals surface area contributed by atoms with Crippen LogP contribution in [0.3, 0.4) is 0 Å². The van der Waals surface area contributed by atoms with Gasteiger partial charge in [0.2, 0.25) is 0 Å². The number of sulfone groups is 1. The Morgan fingerprint density at radius 3 is 2.43 bits per heavy atom. The monoisotopic (exact) mass is 402 g/mol. The van der Waals surface area contributed by atoms with Gasteiger partial charge in [0.25, 0.3) is 11.6 Å². The molecule has 1 aliphatic heterocycles. The average molecular weight is 402 g/mol. The number of amides is 1. The van der Waals surface area contributed by atoms with Gasteiger partial charge in [-0.1, -0.05) is 37.3 Å². The summed E-state index contributed by atoms with van der Waals surface area (Å²) in [5, 5.41) is 11.0. The zero-order valence-corrected chi connectivity index (χ0v) is 16.4. The van der Waals surface area contributed by atoms with Crippen LogP contribution in [0.2, 0.25) is 0 Å². The molecule has 1 aliphatic rings. The van der Waals surface area contributed by atoms with E-state index in [9.17, 15) is 23.3 Å². The van der Waals surface area contributed by atoms with Crippen LogP contribution in [-0.4, -0.2) is 41.7 Å². The molecule has 7 nitrogen and oxygen atoms in total. The van der Waals surface area contributed by atoms with Crippen molar-refractivity contribution >= 4 is 21.4 Å². The second kappa shape index (κ2) is 8.10. The lowest BCUT2D eigenvalue weighted by Gasteiger charge is -2.28. The van der Waals surface area contributed by atoms with Gasteiger partial charge in [0, 0.05) is 30.3 Å². The first kappa shape index (κ1) is 20.0. The zero-order chi connectivity index (χ0) is 20.3. The standard InChI is InChI=1S/C20H22N2O5S/c1-2-15-6-8-16(9-7-15)13-21(19-10-11-28(26,27)14-19)20(23)17-4-3-5-18(12-17)22(24)25/h3-9,12,19H,2,10-11,13-14H2,1H3. The smallest absolute Gasteiger partial charge is 0.270 e. The topological polar surface area (TPSA) is 97.6 Å². The first-order valence-electron chi connectivity index (χ1n) is 9.13. The van der Waals surface area contributed by atoms with E-state index in [1.54, 1.807) is 0 Å². The van der Waals surface area contributed by atoms with Crippen LogP contribution in [0.1, 0.15) is 34.8 Å². The Morgan fingerprint density at radius 2 is 1.86 bits per heavy atom. The van der Waals surface area contributed by atoms with E-state index in [1.807, 2.05) is 24.3 Å². The Kier molecular flexibility index (Phi) is 5.79. The van der Waals surface area contributed by atoms with E-state index in [0.29, 0.717) is 6.42 Å². The van der Waals surface area contributed by atoms with Gasteiger partial charge in [-0.15, -0.1) is 0 Å². The van der Waals surface area contributed by atoms with Crippen LogP contribution < -0.4 is 0 Å². The number of rotatable bonds is 6. The molecule has 2 aromatic rings. The fourth-order valence-electron chi connectivity index (χ4n) is 3.38. The maximum atomic E-state index is 13.2. The quantitative estimate of drug-likeness (QED) is 0.546. The molecule has 8 heteroatoms. The Morgan fingerprint density at radius 1 is 1.18 bits per heavy atom. The maximum Gasteiger partial charge on any atom is 0.270 e. The summed E-state index contributed by atoms with van der Waals surface area (Å²) >= 11 is 0. The predicted octanol–water partition coefficient (Wildman–Crippen LogP) is 2.99. The minimum absolute atomic E-state index is 0.0468. The van der Waals surface area contributed by atoms with Crippen molar-refractivity contribution in [2.75, 3.05) is 11.5 Å². The number of benzene rings is 2. The van der Waals surface area contributed by atoms with Crippen molar-refractivity contribution in [1.82, 2.24) is 4.90 Å². The third-order valence-electron chi connectivity index (χ3n) is 5.00. The van der Waals surface area contributed by atoms with Gasteiger partial charge >= 0.3 is 0 Å². The van der Waals surface area contributed by atoms with Gasteiger partial charge < -0.3 is 4.90 Å². The van der Waals surface area contributed by atoms with Gasteiger partial charge in [-0.3, -0.25) is 14.9 Å². The van der Waals surface area contributed by atoms with Crippen molar-refractivity contribution < 1.29 is 18.1 Å². The fourth-order valence-corrected chi connectivity index (χ4v) is 5.11. The van der Waals surface area contributed by atoms with Gasteiger partial charge in [0.05, 0.1) is 16.4 Å². The minimum Gasteiger partial charge on any atom is -0.330 e. The number of nitrogens with zero attached hydrogens (tertiary/aromatic N) is 2. The minimum atomic E-state index is -3.18. The molecular formula is C20H22N2O5S. The van der Waals surface area contributed by atoms with Crippen molar-refractivity contribution in [3.63, 3.8) is 0 Å². The second-order valence-electron chi connectivity index (χ2n) is 6.97. The van der Waals surface area contributed by atoms with Crippen molar-refractivity contribution in [2.24, 2.45) is 0 Å². The summed E-state index contributed by atoms with van der Waals surface area (Å²) in [6, 6.07) is 12.9. The number of hydrogen-bond acceptors (Lipinski definition) is 5. The van der Waals surface area contributed by atoms with E-state index in [1.165, 1.54) is 34.7 Å². The van der Waals surface area contributed by atoms with Crippen LogP contribution in [0.5, 0.6) is 0 Å². The molecule has 3 rings (SSSR count). The van der Waals surface area contributed by atoms with E-state index < -0.39 is 26.7 Å². The molecule has 1 heterocycles. The van der Waals surface area contributed by atoms with Crippen LogP contribution in [0.15, 0.2) is 48.5 Å². The highest BCUT2D eigenvalue weighted by Crippen LogP contribution is 2.24. The van der Waals surface area contributed by atoms with E-state index in [-0.39, 0.29) is 29.3 Å². The molecule has 0 spiro atoms. The number of nitro groups is 1. The molecular weight excluding hydrogens is 380 g/mol. The highest BCUT2D eigenvalue weighted by atomic mass is 32.2. The Bertz CT molecular complexity index is 986.